The van der Waals surface area contributed by atoms with Crippen molar-refractivity contribution < 1.29 is 24.5 Å². The van der Waals surface area contributed by atoms with Gasteiger partial charge in [0, 0.05) is 7.11 Å². The molecule has 0 aromatic carbocycles. The molecular weight excluding hydrogens is 190 g/mol. The van der Waals surface area contributed by atoms with E-state index in [2.05, 4.69) is 0 Å². The van der Waals surface area contributed by atoms with Crippen LogP contribution in [-0.2, 0) is 9.47 Å². The highest BCUT2D eigenvalue weighted by molar-refractivity contribution is 5.66. The molecule has 6 heteroatoms. The number of fused-ring (bicyclic) bond motifs is 1. The van der Waals surface area contributed by atoms with Crippen LogP contribution < -0.4 is 0 Å². The van der Waals surface area contributed by atoms with Crippen LogP contribution in [0.2, 0.25) is 0 Å². The van der Waals surface area contributed by atoms with Gasteiger partial charge in [0.15, 0.2) is 0 Å². The van der Waals surface area contributed by atoms with Crippen molar-refractivity contribution in [2.75, 3.05) is 20.3 Å². The second-order valence-corrected chi connectivity index (χ2v) is 3.56. The second kappa shape index (κ2) is 3.38. The van der Waals surface area contributed by atoms with Gasteiger partial charge in [-0.15, -0.1) is 0 Å². The number of hydrogen-bond acceptors (Lipinski definition) is 4. The van der Waals surface area contributed by atoms with E-state index >= 15 is 0 Å². The molecule has 2 saturated heterocycles. The first-order valence-corrected chi connectivity index (χ1v) is 4.47. The van der Waals surface area contributed by atoms with E-state index in [1.54, 1.807) is 0 Å². The number of aliphatic hydroxyl groups excluding tert-OH is 1. The summed E-state index contributed by atoms with van der Waals surface area (Å²) in [4.78, 5) is 12.0. The average Bonchev–Trinajstić information content (AvgIpc) is 2.66. The predicted molar refractivity (Wildman–Crippen MR) is 45.1 cm³/mol. The van der Waals surface area contributed by atoms with Gasteiger partial charge in [0.05, 0.1) is 19.2 Å². The monoisotopic (exact) mass is 203 g/mol. The number of nitrogens with zero attached hydrogens (tertiary/aromatic N) is 1. The lowest BCUT2D eigenvalue weighted by Crippen LogP contribution is -2.43. The number of amides is 1. The molecule has 6 nitrogen and oxygen atoms in total. The number of aliphatic hydroxyl groups is 1. The van der Waals surface area contributed by atoms with Crippen LogP contribution in [-0.4, -0.2) is 65.8 Å². The van der Waals surface area contributed by atoms with Crippen LogP contribution in [0.5, 0.6) is 0 Å². The maximum Gasteiger partial charge on any atom is 0.407 e. The molecule has 14 heavy (non-hydrogen) atoms. The molecule has 0 aromatic heterocycles. The van der Waals surface area contributed by atoms with Gasteiger partial charge in [-0.1, -0.05) is 0 Å². The zero-order valence-corrected chi connectivity index (χ0v) is 7.79. The van der Waals surface area contributed by atoms with Crippen molar-refractivity contribution in [1.82, 2.24) is 4.90 Å². The third kappa shape index (κ3) is 1.26. The molecule has 1 amide bonds. The normalized spacial score (nSPS) is 41.4. The Morgan fingerprint density at radius 2 is 2.36 bits per heavy atom. The lowest BCUT2D eigenvalue weighted by atomic mass is 10.1. The van der Waals surface area contributed by atoms with Crippen LogP contribution >= 0.6 is 0 Å². The van der Waals surface area contributed by atoms with Gasteiger partial charge in [0.1, 0.15) is 18.3 Å². The Labute approximate surface area is 81.0 Å². The molecule has 0 aromatic rings. The Morgan fingerprint density at radius 1 is 1.64 bits per heavy atom. The van der Waals surface area contributed by atoms with Crippen LogP contribution in [0.15, 0.2) is 0 Å². The van der Waals surface area contributed by atoms with Crippen molar-refractivity contribution in [2.45, 2.75) is 24.4 Å². The number of likely N-dealkylation sites (tertiary alicyclic amines) is 1. The topological polar surface area (TPSA) is 79.2 Å². The first-order chi connectivity index (χ1) is 6.65. The molecule has 2 fully saturated rings. The molecule has 4 unspecified atom stereocenters. The highest BCUT2D eigenvalue weighted by atomic mass is 16.6. The van der Waals surface area contributed by atoms with Crippen molar-refractivity contribution in [3.8, 4) is 0 Å². The summed E-state index contributed by atoms with van der Waals surface area (Å²) in [5, 5.41) is 18.4. The Morgan fingerprint density at radius 3 is 2.93 bits per heavy atom. The largest absolute Gasteiger partial charge is 0.465 e. The summed E-state index contributed by atoms with van der Waals surface area (Å²) in [7, 11) is 1.52. The Kier molecular flexibility index (Phi) is 2.34. The fourth-order valence-corrected chi connectivity index (χ4v) is 2.17. The minimum atomic E-state index is -1.04. The summed E-state index contributed by atoms with van der Waals surface area (Å²) in [6.07, 6.45) is -2.38. The van der Waals surface area contributed by atoms with Crippen LogP contribution in [0.1, 0.15) is 0 Å². The van der Waals surface area contributed by atoms with E-state index in [0.29, 0.717) is 0 Å². The maximum atomic E-state index is 10.9. The van der Waals surface area contributed by atoms with Crippen LogP contribution in [0, 0.1) is 0 Å². The van der Waals surface area contributed by atoms with Crippen molar-refractivity contribution in [1.29, 1.82) is 0 Å². The predicted octanol–water partition coefficient (Wildman–Crippen LogP) is -0.877. The number of hydrogen-bond donors (Lipinski definition) is 2. The molecule has 2 aliphatic rings. The van der Waals surface area contributed by atoms with Gasteiger partial charge in [-0.05, 0) is 0 Å². The van der Waals surface area contributed by atoms with Crippen molar-refractivity contribution in [3.63, 3.8) is 0 Å². The second-order valence-electron chi connectivity index (χ2n) is 3.56. The fraction of sp³-hybridized carbons (Fsp3) is 0.875. The van der Waals surface area contributed by atoms with Crippen molar-refractivity contribution >= 4 is 6.09 Å². The van der Waals surface area contributed by atoms with E-state index in [1.807, 2.05) is 0 Å². The Balaban J connectivity index is 2.18. The summed E-state index contributed by atoms with van der Waals surface area (Å²) < 4.78 is 10.4. The van der Waals surface area contributed by atoms with Gasteiger partial charge in [0.25, 0.3) is 0 Å². The van der Waals surface area contributed by atoms with Gasteiger partial charge >= 0.3 is 6.09 Å². The summed E-state index contributed by atoms with van der Waals surface area (Å²) >= 11 is 0. The SMILES string of the molecule is COC1CN(C(=O)O)C2C(O)COC12. The zero-order chi connectivity index (χ0) is 10.3. The standard InChI is InChI=1S/C8H13NO5/c1-13-5-2-9(8(11)12)6-4(10)3-14-7(5)6/h4-7,10H,2-3H2,1H3,(H,11,12). The van der Waals surface area contributed by atoms with Gasteiger partial charge < -0.3 is 19.7 Å². The van der Waals surface area contributed by atoms with Gasteiger partial charge in [-0.2, -0.15) is 0 Å². The third-order valence-corrected chi connectivity index (χ3v) is 2.84. The lowest BCUT2D eigenvalue weighted by Gasteiger charge is -2.21. The molecule has 2 rings (SSSR count). The highest BCUT2D eigenvalue weighted by Gasteiger charge is 2.52. The number of carboxylic acid groups (broad SMARTS) is 1. The summed E-state index contributed by atoms with van der Waals surface area (Å²) in [6.45, 7) is 0.442. The van der Waals surface area contributed by atoms with Crippen molar-refractivity contribution in [3.05, 3.63) is 0 Å². The minimum absolute atomic E-state index is 0.180. The number of methoxy groups -OCH3 is 1. The lowest BCUT2D eigenvalue weighted by molar-refractivity contribution is -0.0106. The molecule has 80 valence electrons. The molecule has 2 N–H and O–H groups in total. The van der Waals surface area contributed by atoms with E-state index in [0.717, 1.165) is 0 Å². The third-order valence-electron chi connectivity index (χ3n) is 2.84. The van der Waals surface area contributed by atoms with Crippen LogP contribution in [0.4, 0.5) is 4.79 Å². The summed E-state index contributed by atoms with van der Waals surface area (Å²) in [5.41, 5.74) is 0. The molecule has 0 bridgehead atoms. The smallest absolute Gasteiger partial charge is 0.407 e. The summed E-state index contributed by atoms with van der Waals surface area (Å²) in [6, 6.07) is -0.475. The molecule has 2 heterocycles. The zero-order valence-electron chi connectivity index (χ0n) is 7.79. The fourth-order valence-electron chi connectivity index (χ4n) is 2.17. The van der Waals surface area contributed by atoms with Gasteiger partial charge in [0.2, 0.25) is 0 Å². The number of ether oxygens (including phenoxy) is 2. The number of carbonyl (C=O) groups is 1. The van der Waals surface area contributed by atoms with E-state index < -0.39 is 18.2 Å². The van der Waals surface area contributed by atoms with E-state index in [-0.39, 0.29) is 25.4 Å². The minimum Gasteiger partial charge on any atom is -0.465 e. The van der Waals surface area contributed by atoms with Crippen LogP contribution in [0.25, 0.3) is 0 Å². The number of rotatable bonds is 1. The Hall–Kier alpha value is -0.850. The molecule has 0 spiro atoms. The maximum absolute atomic E-state index is 10.9. The molecule has 0 radical (unpaired) electrons. The van der Waals surface area contributed by atoms with E-state index in [4.69, 9.17) is 14.6 Å². The molecule has 4 atom stereocenters. The van der Waals surface area contributed by atoms with Gasteiger partial charge in [-0.3, -0.25) is 4.90 Å². The quantitative estimate of drug-likeness (QED) is 0.578. The molecular formula is C8H13NO5. The molecule has 2 aliphatic heterocycles. The highest BCUT2D eigenvalue weighted by Crippen LogP contribution is 2.30. The molecule has 0 saturated carbocycles. The molecule has 0 aliphatic carbocycles. The average molecular weight is 203 g/mol. The van der Waals surface area contributed by atoms with E-state index in [1.165, 1.54) is 12.0 Å². The van der Waals surface area contributed by atoms with Crippen molar-refractivity contribution in [2.24, 2.45) is 0 Å². The van der Waals surface area contributed by atoms with Crippen LogP contribution in [0.3, 0.4) is 0 Å². The van der Waals surface area contributed by atoms with E-state index in [9.17, 15) is 9.90 Å². The Bertz CT molecular complexity index is 246. The summed E-state index contributed by atoms with van der Waals surface area (Å²) in [5.74, 6) is 0. The van der Waals surface area contributed by atoms with Gasteiger partial charge in [-0.25, -0.2) is 4.79 Å². The first-order valence-electron chi connectivity index (χ1n) is 4.47. The first kappa shape index (κ1) is 9.70.